The largest absolute Gasteiger partial charge is 0.394 e. The van der Waals surface area contributed by atoms with E-state index >= 15 is 0 Å². The van der Waals surface area contributed by atoms with Gasteiger partial charge in [-0.3, -0.25) is 9.36 Å². The summed E-state index contributed by atoms with van der Waals surface area (Å²) < 4.78 is 6.17. The van der Waals surface area contributed by atoms with Crippen LogP contribution in [0.1, 0.15) is 6.23 Å². The van der Waals surface area contributed by atoms with Crippen molar-refractivity contribution >= 4 is 23.3 Å². The number of ether oxygens (including phenoxy) is 1. The van der Waals surface area contributed by atoms with E-state index in [2.05, 4.69) is 10.3 Å². The number of rotatable bonds is 4. The molecule has 0 aliphatic carbocycles. The van der Waals surface area contributed by atoms with E-state index < -0.39 is 42.7 Å². The van der Waals surface area contributed by atoms with Crippen LogP contribution in [0.25, 0.3) is 0 Å². The lowest BCUT2D eigenvalue weighted by Gasteiger charge is -2.17. The monoisotopic (exact) mass is 319 g/mol. The second-order valence-electron chi connectivity index (χ2n) is 4.41. The van der Waals surface area contributed by atoms with Crippen LogP contribution in [0.15, 0.2) is 17.1 Å². The van der Waals surface area contributed by atoms with Gasteiger partial charge in [0.05, 0.1) is 6.61 Å². The average Bonchev–Trinajstić information content (AvgIpc) is 2.75. The molecule has 1 amide bonds. The Labute approximate surface area is 123 Å². The van der Waals surface area contributed by atoms with Crippen molar-refractivity contribution < 1.29 is 24.9 Å². The van der Waals surface area contributed by atoms with Gasteiger partial charge in [-0.15, -0.1) is 11.6 Å². The summed E-state index contributed by atoms with van der Waals surface area (Å²) >= 11 is 5.32. The second-order valence-corrected chi connectivity index (χ2v) is 4.68. The molecule has 0 aromatic carbocycles. The summed E-state index contributed by atoms with van der Waals surface area (Å²) in [6, 6.07) is 1.32. The van der Waals surface area contributed by atoms with Crippen LogP contribution in [-0.4, -0.2) is 61.6 Å². The highest BCUT2D eigenvalue weighted by molar-refractivity contribution is 6.28. The van der Waals surface area contributed by atoms with E-state index in [0.717, 1.165) is 4.57 Å². The predicted molar refractivity (Wildman–Crippen MR) is 70.9 cm³/mol. The molecule has 1 saturated heterocycles. The van der Waals surface area contributed by atoms with Crippen molar-refractivity contribution in [3.05, 3.63) is 22.7 Å². The quantitative estimate of drug-likeness (QED) is 0.473. The van der Waals surface area contributed by atoms with Gasteiger partial charge < -0.3 is 25.4 Å². The fourth-order valence-corrected chi connectivity index (χ4v) is 2.03. The Morgan fingerprint density at radius 3 is 2.71 bits per heavy atom. The number of aromatic nitrogens is 2. The zero-order valence-corrected chi connectivity index (χ0v) is 11.5. The zero-order chi connectivity index (χ0) is 15.6. The number of alkyl halides is 1. The molecule has 0 bridgehead atoms. The molecular weight excluding hydrogens is 306 g/mol. The first-order chi connectivity index (χ1) is 9.97. The Kier molecular flexibility index (Phi) is 4.91. The lowest BCUT2D eigenvalue weighted by atomic mass is 10.1. The molecule has 9 nitrogen and oxygen atoms in total. The van der Waals surface area contributed by atoms with Crippen LogP contribution in [0, 0.1) is 0 Å². The van der Waals surface area contributed by atoms with Gasteiger partial charge in [0.15, 0.2) is 6.23 Å². The minimum absolute atomic E-state index is 0.00800. The molecule has 1 aromatic heterocycles. The molecule has 0 unspecified atom stereocenters. The summed E-state index contributed by atoms with van der Waals surface area (Å²) in [7, 11) is 0. The van der Waals surface area contributed by atoms with Gasteiger partial charge in [0, 0.05) is 6.20 Å². The maximum Gasteiger partial charge on any atom is 0.351 e. The van der Waals surface area contributed by atoms with Crippen molar-refractivity contribution in [2.75, 3.05) is 17.8 Å². The first-order valence-corrected chi connectivity index (χ1v) is 6.59. The van der Waals surface area contributed by atoms with E-state index in [-0.39, 0.29) is 11.7 Å². The predicted octanol–water partition coefficient (Wildman–Crippen LogP) is -1.97. The van der Waals surface area contributed by atoms with E-state index in [1.165, 1.54) is 12.3 Å². The Morgan fingerprint density at radius 1 is 1.48 bits per heavy atom. The number of hydrogen-bond donors (Lipinski definition) is 4. The fourth-order valence-electron chi connectivity index (χ4n) is 1.96. The Bertz CT molecular complexity index is 579. The number of nitrogens with one attached hydrogen (secondary N) is 1. The SMILES string of the molecule is O=C(CCl)Nc1ccn([C@@H]2O[C@H](CO)[C@@H](O)[C@@H]2O)c(=O)n1. The summed E-state index contributed by atoms with van der Waals surface area (Å²) in [5.74, 6) is -0.789. The summed E-state index contributed by atoms with van der Waals surface area (Å²) in [5.41, 5.74) is -0.794. The van der Waals surface area contributed by atoms with Crippen molar-refractivity contribution in [2.24, 2.45) is 0 Å². The molecule has 4 atom stereocenters. The molecule has 2 rings (SSSR count). The van der Waals surface area contributed by atoms with E-state index in [4.69, 9.17) is 21.4 Å². The number of carbonyl (C=O) groups excluding carboxylic acids is 1. The number of aliphatic hydroxyl groups is 3. The molecule has 10 heteroatoms. The minimum atomic E-state index is -1.38. The van der Waals surface area contributed by atoms with Crippen LogP contribution >= 0.6 is 11.6 Å². The van der Waals surface area contributed by atoms with Crippen LogP contribution in [0.2, 0.25) is 0 Å². The maximum atomic E-state index is 11.9. The Balaban J connectivity index is 2.22. The number of anilines is 1. The highest BCUT2D eigenvalue weighted by atomic mass is 35.5. The topological polar surface area (TPSA) is 134 Å². The molecule has 0 spiro atoms. The summed E-state index contributed by atoms with van der Waals surface area (Å²) in [6.07, 6.45) is -3.62. The van der Waals surface area contributed by atoms with E-state index in [1.807, 2.05) is 0 Å². The highest BCUT2D eigenvalue weighted by Crippen LogP contribution is 2.28. The van der Waals surface area contributed by atoms with Gasteiger partial charge in [-0.1, -0.05) is 0 Å². The molecule has 1 fully saturated rings. The van der Waals surface area contributed by atoms with Gasteiger partial charge in [-0.2, -0.15) is 4.98 Å². The molecular formula is C11H14ClN3O6. The molecule has 0 radical (unpaired) electrons. The highest BCUT2D eigenvalue weighted by Gasteiger charge is 2.43. The Hall–Kier alpha value is -1.52. The second kappa shape index (κ2) is 6.50. The Morgan fingerprint density at radius 2 is 2.19 bits per heavy atom. The van der Waals surface area contributed by atoms with E-state index in [9.17, 15) is 19.8 Å². The molecule has 4 N–H and O–H groups in total. The molecule has 1 aliphatic heterocycles. The van der Waals surface area contributed by atoms with Crippen molar-refractivity contribution in [3.8, 4) is 0 Å². The summed E-state index contributed by atoms with van der Waals surface area (Å²) in [4.78, 5) is 26.6. The van der Waals surface area contributed by atoms with Crippen molar-refractivity contribution in [2.45, 2.75) is 24.5 Å². The van der Waals surface area contributed by atoms with E-state index in [0.29, 0.717) is 0 Å². The molecule has 2 heterocycles. The number of aliphatic hydroxyl groups excluding tert-OH is 3. The van der Waals surface area contributed by atoms with Crippen LogP contribution in [0.3, 0.4) is 0 Å². The molecule has 1 aromatic rings. The first-order valence-electron chi connectivity index (χ1n) is 6.05. The standard InChI is InChI=1S/C11H14ClN3O6/c12-3-7(17)13-6-1-2-15(11(20)14-6)10-9(19)8(18)5(4-16)21-10/h1-2,5,8-10,16,18-19H,3-4H2,(H,13,14,17,20)/t5-,8-,9+,10-/m1/s1. The minimum Gasteiger partial charge on any atom is -0.394 e. The van der Waals surface area contributed by atoms with Gasteiger partial charge in [0.25, 0.3) is 0 Å². The number of carbonyl (C=O) groups is 1. The van der Waals surface area contributed by atoms with Gasteiger partial charge in [0.1, 0.15) is 30.0 Å². The third-order valence-corrected chi connectivity index (χ3v) is 3.25. The normalized spacial score (nSPS) is 28.6. The van der Waals surface area contributed by atoms with Crippen LogP contribution in [0.4, 0.5) is 5.82 Å². The molecule has 116 valence electrons. The van der Waals surface area contributed by atoms with Gasteiger partial charge >= 0.3 is 5.69 Å². The maximum absolute atomic E-state index is 11.9. The molecule has 1 aliphatic rings. The van der Waals surface area contributed by atoms with Crippen LogP contribution in [-0.2, 0) is 9.53 Å². The third kappa shape index (κ3) is 3.22. The van der Waals surface area contributed by atoms with Crippen LogP contribution in [0.5, 0.6) is 0 Å². The lowest BCUT2D eigenvalue weighted by Crippen LogP contribution is -2.36. The van der Waals surface area contributed by atoms with Crippen molar-refractivity contribution in [3.63, 3.8) is 0 Å². The fraction of sp³-hybridized carbons (Fsp3) is 0.545. The van der Waals surface area contributed by atoms with E-state index in [1.54, 1.807) is 0 Å². The zero-order valence-electron chi connectivity index (χ0n) is 10.7. The number of halogens is 1. The van der Waals surface area contributed by atoms with Crippen molar-refractivity contribution in [1.29, 1.82) is 0 Å². The van der Waals surface area contributed by atoms with Crippen molar-refractivity contribution in [1.82, 2.24) is 9.55 Å². The van der Waals surface area contributed by atoms with Crippen LogP contribution < -0.4 is 11.0 Å². The van der Waals surface area contributed by atoms with Gasteiger partial charge in [-0.25, -0.2) is 4.79 Å². The summed E-state index contributed by atoms with van der Waals surface area (Å²) in [6.45, 7) is -0.499. The number of hydrogen-bond acceptors (Lipinski definition) is 7. The smallest absolute Gasteiger partial charge is 0.351 e. The average molecular weight is 320 g/mol. The van der Waals surface area contributed by atoms with Gasteiger partial charge in [-0.05, 0) is 6.07 Å². The third-order valence-electron chi connectivity index (χ3n) is 3.01. The number of nitrogens with zero attached hydrogens (tertiary/aromatic N) is 2. The number of amides is 1. The summed E-state index contributed by atoms with van der Waals surface area (Å²) in [5, 5.41) is 30.8. The van der Waals surface area contributed by atoms with Gasteiger partial charge in [0.2, 0.25) is 5.91 Å². The first kappa shape index (κ1) is 15.9. The molecule has 0 saturated carbocycles. The molecule has 21 heavy (non-hydrogen) atoms. The lowest BCUT2D eigenvalue weighted by molar-refractivity contribution is -0.113.